The Bertz CT molecular complexity index is 150. The van der Waals surface area contributed by atoms with E-state index in [0.717, 1.165) is 6.42 Å². The molecule has 0 bridgehead atoms. The number of nitrogens with two attached hydrogens (primary N) is 1. The summed E-state index contributed by atoms with van der Waals surface area (Å²) in [5.41, 5.74) is 5.65. The second kappa shape index (κ2) is 3.66. The summed E-state index contributed by atoms with van der Waals surface area (Å²) in [7, 11) is 0. The highest BCUT2D eigenvalue weighted by atomic mass is 19.3. The zero-order chi connectivity index (χ0) is 9.19. The van der Waals surface area contributed by atoms with E-state index in [9.17, 15) is 8.78 Å². The molecule has 0 unspecified atom stereocenters. The Balaban J connectivity index is 2.28. The van der Waals surface area contributed by atoms with E-state index < -0.39 is 5.92 Å². The first-order valence-electron chi connectivity index (χ1n) is 4.39. The third-order valence-electron chi connectivity index (χ3n) is 2.27. The summed E-state index contributed by atoms with van der Waals surface area (Å²) in [6.45, 7) is 2.95. The SMILES string of the molecule is CC[C@H](N)CN1CCC(F)(F)C1. The van der Waals surface area contributed by atoms with Gasteiger partial charge in [0.05, 0.1) is 6.54 Å². The van der Waals surface area contributed by atoms with Crippen LogP contribution < -0.4 is 5.73 Å². The first-order chi connectivity index (χ1) is 5.53. The topological polar surface area (TPSA) is 29.3 Å². The van der Waals surface area contributed by atoms with Gasteiger partial charge >= 0.3 is 0 Å². The zero-order valence-electron chi connectivity index (χ0n) is 7.39. The van der Waals surface area contributed by atoms with Gasteiger partial charge in [0.2, 0.25) is 0 Å². The molecule has 0 spiro atoms. The van der Waals surface area contributed by atoms with Crippen molar-refractivity contribution in [2.24, 2.45) is 5.73 Å². The maximum absolute atomic E-state index is 12.7. The Morgan fingerprint density at radius 3 is 2.67 bits per heavy atom. The van der Waals surface area contributed by atoms with Gasteiger partial charge in [-0.2, -0.15) is 0 Å². The van der Waals surface area contributed by atoms with Gasteiger partial charge in [-0.3, -0.25) is 4.90 Å². The zero-order valence-corrected chi connectivity index (χ0v) is 7.39. The molecule has 0 aromatic rings. The lowest BCUT2D eigenvalue weighted by Crippen LogP contribution is -2.37. The van der Waals surface area contributed by atoms with Crippen LogP contribution in [-0.4, -0.2) is 36.5 Å². The first kappa shape index (κ1) is 9.86. The lowest BCUT2D eigenvalue weighted by Gasteiger charge is -2.19. The van der Waals surface area contributed by atoms with Gasteiger partial charge in [0, 0.05) is 25.6 Å². The Kier molecular flexibility index (Phi) is 3.01. The van der Waals surface area contributed by atoms with Gasteiger partial charge in [-0.05, 0) is 6.42 Å². The summed E-state index contributed by atoms with van der Waals surface area (Å²) in [5, 5.41) is 0. The van der Waals surface area contributed by atoms with Gasteiger partial charge in [0.25, 0.3) is 5.92 Å². The minimum Gasteiger partial charge on any atom is -0.327 e. The molecule has 1 aliphatic heterocycles. The molecule has 1 atom stereocenters. The molecule has 1 saturated heterocycles. The molecule has 1 fully saturated rings. The minimum atomic E-state index is -2.48. The second-order valence-corrected chi connectivity index (χ2v) is 3.51. The van der Waals surface area contributed by atoms with Crippen LogP contribution in [0.5, 0.6) is 0 Å². The van der Waals surface area contributed by atoms with Gasteiger partial charge in [-0.25, -0.2) is 8.78 Å². The van der Waals surface area contributed by atoms with Crippen molar-refractivity contribution in [3.63, 3.8) is 0 Å². The van der Waals surface area contributed by atoms with Crippen molar-refractivity contribution in [2.75, 3.05) is 19.6 Å². The molecule has 12 heavy (non-hydrogen) atoms. The van der Waals surface area contributed by atoms with Crippen LogP contribution in [0.2, 0.25) is 0 Å². The Morgan fingerprint density at radius 2 is 2.25 bits per heavy atom. The van der Waals surface area contributed by atoms with Crippen molar-refractivity contribution in [3.05, 3.63) is 0 Å². The quantitative estimate of drug-likeness (QED) is 0.700. The van der Waals surface area contributed by atoms with E-state index >= 15 is 0 Å². The summed E-state index contributed by atoms with van der Waals surface area (Å²) < 4.78 is 25.3. The highest BCUT2D eigenvalue weighted by Gasteiger charge is 2.38. The van der Waals surface area contributed by atoms with Crippen LogP contribution in [0.1, 0.15) is 19.8 Å². The molecule has 0 aromatic heterocycles. The van der Waals surface area contributed by atoms with E-state index in [1.807, 2.05) is 6.92 Å². The molecule has 72 valence electrons. The number of likely N-dealkylation sites (tertiary alicyclic amines) is 1. The Hall–Kier alpha value is -0.220. The van der Waals surface area contributed by atoms with Crippen LogP contribution in [0, 0.1) is 0 Å². The van der Waals surface area contributed by atoms with Crippen LogP contribution in [0.15, 0.2) is 0 Å². The van der Waals surface area contributed by atoms with Crippen LogP contribution >= 0.6 is 0 Å². The largest absolute Gasteiger partial charge is 0.327 e. The smallest absolute Gasteiger partial charge is 0.261 e. The third-order valence-corrected chi connectivity index (χ3v) is 2.27. The fraction of sp³-hybridized carbons (Fsp3) is 1.00. The number of nitrogens with zero attached hydrogens (tertiary/aromatic N) is 1. The van der Waals surface area contributed by atoms with Gasteiger partial charge in [-0.1, -0.05) is 6.92 Å². The van der Waals surface area contributed by atoms with Gasteiger partial charge in [-0.15, -0.1) is 0 Å². The normalized spacial score (nSPS) is 26.0. The molecule has 1 rings (SSSR count). The van der Waals surface area contributed by atoms with Crippen molar-refractivity contribution in [1.29, 1.82) is 0 Å². The highest BCUT2D eigenvalue weighted by molar-refractivity contribution is 4.83. The van der Waals surface area contributed by atoms with Gasteiger partial charge in [0.15, 0.2) is 0 Å². The molecule has 4 heteroatoms. The van der Waals surface area contributed by atoms with Crippen molar-refractivity contribution in [2.45, 2.75) is 31.7 Å². The standard InChI is InChI=1S/C8H16F2N2/c1-2-7(11)5-12-4-3-8(9,10)6-12/h7H,2-6,11H2,1H3/t7-/m0/s1. The number of hydrogen-bond donors (Lipinski definition) is 1. The monoisotopic (exact) mass is 178 g/mol. The Labute approximate surface area is 71.7 Å². The number of halogens is 2. The van der Waals surface area contributed by atoms with E-state index in [4.69, 9.17) is 5.73 Å². The average molecular weight is 178 g/mol. The molecule has 0 aliphatic carbocycles. The molecule has 0 amide bonds. The molecule has 0 aromatic carbocycles. The van der Waals surface area contributed by atoms with Crippen molar-refractivity contribution >= 4 is 0 Å². The number of rotatable bonds is 3. The average Bonchev–Trinajstić information content (AvgIpc) is 2.30. The summed E-state index contributed by atoms with van der Waals surface area (Å²) in [6.07, 6.45) is 0.839. The molecule has 0 radical (unpaired) electrons. The van der Waals surface area contributed by atoms with Crippen LogP contribution in [0.4, 0.5) is 8.78 Å². The maximum atomic E-state index is 12.7. The summed E-state index contributed by atoms with van der Waals surface area (Å²) in [5.74, 6) is -2.48. The predicted molar refractivity (Wildman–Crippen MR) is 44.3 cm³/mol. The highest BCUT2D eigenvalue weighted by Crippen LogP contribution is 2.26. The predicted octanol–water partition coefficient (Wildman–Crippen LogP) is 1.06. The minimum absolute atomic E-state index is 0.0105. The molecule has 0 saturated carbocycles. The molecule has 2 nitrogen and oxygen atoms in total. The van der Waals surface area contributed by atoms with E-state index in [-0.39, 0.29) is 19.0 Å². The molecular weight excluding hydrogens is 162 g/mol. The lowest BCUT2D eigenvalue weighted by atomic mass is 10.2. The van der Waals surface area contributed by atoms with Crippen molar-refractivity contribution < 1.29 is 8.78 Å². The molecule has 2 N–H and O–H groups in total. The van der Waals surface area contributed by atoms with Crippen LogP contribution in [-0.2, 0) is 0 Å². The number of hydrogen-bond acceptors (Lipinski definition) is 2. The van der Waals surface area contributed by atoms with E-state index in [0.29, 0.717) is 13.1 Å². The van der Waals surface area contributed by atoms with E-state index in [2.05, 4.69) is 0 Å². The lowest BCUT2D eigenvalue weighted by molar-refractivity contribution is 0.0118. The first-order valence-corrected chi connectivity index (χ1v) is 4.39. The number of alkyl halides is 2. The van der Waals surface area contributed by atoms with Crippen LogP contribution in [0.25, 0.3) is 0 Å². The fourth-order valence-corrected chi connectivity index (χ4v) is 1.42. The van der Waals surface area contributed by atoms with E-state index in [1.165, 1.54) is 0 Å². The second-order valence-electron chi connectivity index (χ2n) is 3.51. The molecule has 1 heterocycles. The van der Waals surface area contributed by atoms with Gasteiger partial charge < -0.3 is 5.73 Å². The van der Waals surface area contributed by atoms with Crippen molar-refractivity contribution in [3.8, 4) is 0 Å². The fourth-order valence-electron chi connectivity index (χ4n) is 1.42. The Morgan fingerprint density at radius 1 is 1.58 bits per heavy atom. The summed E-state index contributed by atoms with van der Waals surface area (Å²) in [6, 6.07) is 0.0406. The summed E-state index contributed by atoms with van der Waals surface area (Å²) in [4.78, 5) is 1.74. The molecule has 1 aliphatic rings. The van der Waals surface area contributed by atoms with E-state index in [1.54, 1.807) is 4.90 Å². The van der Waals surface area contributed by atoms with Crippen molar-refractivity contribution in [1.82, 2.24) is 4.90 Å². The maximum Gasteiger partial charge on any atom is 0.261 e. The third kappa shape index (κ3) is 2.68. The van der Waals surface area contributed by atoms with Gasteiger partial charge in [0.1, 0.15) is 0 Å². The molecular formula is C8H16F2N2. The summed E-state index contributed by atoms with van der Waals surface area (Å²) >= 11 is 0. The van der Waals surface area contributed by atoms with Crippen LogP contribution in [0.3, 0.4) is 0 Å².